The Bertz CT molecular complexity index is 864. The lowest BCUT2D eigenvalue weighted by atomic mass is 10.0. The number of rotatable bonds is 8. The van der Waals surface area contributed by atoms with Crippen LogP contribution in [0.4, 0.5) is 0 Å². The minimum atomic E-state index is -3.60. The van der Waals surface area contributed by atoms with Crippen molar-refractivity contribution in [1.29, 1.82) is 0 Å². The molecular formula is C19H28N4O4S. The van der Waals surface area contributed by atoms with Crippen LogP contribution >= 0.6 is 0 Å². The zero-order chi connectivity index (χ0) is 20.1. The lowest BCUT2D eigenvalue weighted by molar-refractivity contribution is 0.116. The number of piperidine rings is 1. The number of hydrogen-bond donors (Lipinski definition) is 0. The summed E-state index contributed by atoms with van der Waals surface area (Å²) in [5, 5.41) is 4.00. The number of aryl methyl sites for hydroxylation is 1. The van der Waals surface area contributed by atoms with E-state index in [0.717, 1.165) is 24.0 Å². The molecule has 0 aliphatic carbocycles. The van der Waals surface area contributed by atoms with Crippen LogP contribution in [0.5, 0.6) is 0 Å². The highest BCUT2D eigenvalue weighted by molar-refractivity contribution is 7.86. The molecule has 154 valence electrons. The van der Waals surface area contributed by atoms with Gasteiger partial charge in [-0.05, 0) is 25.7 Å². The Morgan fingerprint density at radius 2 is 2.07 bits per heavy atom. The van der Waals surface area contributed by atoms with E-state index in [1.54, 1.807) is 11.4 Å². The fraction of sp³-hybridized carbons (Fsp3) is 0.579. The minimum absolute atomic E-state index is 0.0587. The predicted molar refractivity (Wildman–Crippen MR) is 106 cm³/mol. The Morgan fingerprint density at radius 1 is 1.32 bits per heavy atom. The Balaban J connectivity index is 1.72. The second kappa shape index (κ2) is 9.13. The quantitative estimate of drug-likeness (QED) is 0.667. The summed E-state index contributed by atoms with van der Waals surface area (Å²) in [5.41, 5.74) is 1.98. The van der Waals surface area contributed by atoms with E-state index in [0.29, 0.717) is 32.1 Å². The molecule has 0 N–H and O–H groups in total. The maximum absolute atomic E-state index is 13.1. The van der Waals surface area contributed by atoms with Crippen molar-refractivity contribution in [2.75, 3.05) is 33.4 Å². The maximum atomic E-state index is 13.1. The lowest BCUT2D eigenvalue weighted by Gasteiger charge is -2.34. The van der Waals surface area contributed by atoms with Gasteiger partial charge in [-0.1, -0.05) is 41.9 Å². The van der Waals surface area contributed by atoms with E-state index in [-0.39, 0.29) is 18.4 Å². The van der Waals surface area contributed by atoms with Gasteiger partial charge in [0, 0.05) is 32.3 Å². The normalized spacial score (nSPS) is 18.6. The van der Waals surface area contributed by atoms with Gasteiger partial charge in [0.1, 0.15) is 0 Å². The van der Waals surface area contributed by atoms with Gasteiger partial charge in [0.15, 0.2) is 0 Å². The summed E-state index contributed by atoms with van der Waals surface area (Å²) in [6.45, 7) is 5.78. The van der Waals surface area contributed by atoms with Crippen molar-refractivity contribution in [3.05, 3.63) is 35.7 Å². The van der Waals surface area contributed by atoms with Crippen LogP contribution in [0.3, 0.4) is 0 Å². The number of ether oxygens (including phenoxy) is 1. The molecule has 1 saturated heterocycles. The van der Waals surface area contributed by atoms with E-state index in [1.807, 2.05) is 38.1 Å². The molecule has 0 saturated carbocycles. The highest BCUT2D eigenvalue weighted by Crippen LogP contribution is 2.23. The van der Waals surface area contributed by atoms with Gasteiger partial charge in [0.25, 0.3) is 10.2 Å². The van der Waals surface area contributed by atoms with Crippen LogP contribution in [-0.2, 0) is 21.5 Å². The number of hydrogen-bond acceptors (Lipinski definition) is 6. The van der Waals surface area contributed by atoms with E-state index >= 15 is 0 Å². The van der Waals surface area contributed by atoms with Crippen molar-refractivity contribution in [3.63, 3.8) is 0 Å². The smallest absolute Gasteiger partial charge is 0.282 e. The van der Waals surface area contributed by atoms with Gasteiger partial charge in [0.05, 0.1) is 13.2 Å². The van der Waals surface area contributed by atoms with Crippen LogP contribution < -0.4 is 0 Å². The van der Waals surface area contributed by atoms with Gasteiger partial charge >= 0.3 is 0 Å². The second-order valence-corrected chi connectivity index (χ2v) is 9.06. The van der Waals surface area contributed by atoms with Crippen LogP contribution in [0.25, 0.3) is 11.4 Å². The van der Waals surface area contributed by atoms with Crippen LogP contribution in [0.15, 0.2) is 28.8 Å². The van der Waals surface area contributed by atoms with E-state index in [1.165, 1.54) is 4.31 Å². The number of methoxy groups -OCH3 is 1. The average molecular weight is 409 g/mol. The zero-order valence-corrected chi connectivity index (χ0v) is 17.5. The third-order valence-corrected chi connectivity index (χ3v) is 7.00. The van der Waals surface area contributed by atoms with Crippen LogP contribution in [0.2, 0.25) is 0 Å². The Kier molecular flexibility index (Phi) is 6.82. The van der Waals surface area contributed by atoms with Gasteiger partial charge in [0.2, 0.25) is 11.7 Å². The molecule has 28 heavy (non-hydrogen) atoms. The molecule has 0 amide bonds. The summed E-state index contributed by atoms with van der Waals surface area (Å²) in [4.78, 5) is 4.38. The Morgan fingerprint density at radius 3 is 2.75 bits per heavy atom. The first kappa shape index (κ1) is 20.9. The molecule has 1 aromatic heterocycles. The summed E-state index contributed by atoms with van der Waals surface area (Å²) >= 11 is 0. The molecule has 1 atom stereocenters. The number of benzene rings is 1. The van der Waals surface area contributed by atoms with E-state index in [4.69, 9.17) is 9.26 Å². The van der Waals surface area contributed by atoms with Crippen LogP contribution in [0, 0.1) is 12.8 Å². The highest BCUT2D eigenvalue weighted by atomic mass is 32.2. The molecule has 3 rings (SSSR count). The Hall–Kier alpha value is -1.81. The topological polar surface area (TPSA) is 88.8 Å². The molecule has 1 fully saturated rings. The Labute approximate surface area is 166 Å². The second-order valence-electron chi connectivity index (χ2n) is 7.13. The van der Waals surface area contributed by atoms with Crippen molar-refractivity contribution in [2.45, 2.75) is 33.2 Å². The van der Waals surface area contributed by atoms with E-state index in [2.05, 4.69) is 10.1 Å². The molecule has 9 heteroatoms. The first-order valence-electron chi connectivity index (χ1n) is 9.57. The number of nitrogens with zero attached hydrogens (tertiary/aromatic N) is 4. The maximum Gasteiger partial charge on any atom is 0.282 e. The molecular weight excluding hydrogens is 380 g/mol. The SMILES string of the molecule is CCN(Cc1nc(-c2ccc(C)cc2)no1)S(=O)(=O)N1CCCC(COC)C1. The molecule has 1 aromatic carbocycles. The van der Waals surface area contributed by atoms with Crippen LogP contribution in [-0.4, -0.2) is 60.5 Å². The average Bonchev–Trinajstić information content (AvgIpc) is 3.16. The van der Waals surface area contributed by atoms with Crippen molar-refractivity contribution in [2.24, 2.45) is 5.92 Å². The third kappa shape index (κ3) is 4.78. The molecule has 0 radical (unpaired) electrons. The standard InChI is InChI=1S/C19H28N4O4S/c1-4-22(28(24,25)23-11-5-6-16(12-23)14-26-3)13-18-20-19(21-27-18)17-9-7-15(2)8-10-17/h7-10,16H,4-6,11-14H2,1-3H3. The van der Waals surface area contributed by atoms with Gasteiger partial charge < -0.3 is 9.26 Å². The minimum Gasteiger partial charge on any atom is -0.384 e. The summed E-state index contributed by atoms with van der Waals surface area (Å²) in [7, 11) is -1.96. The van der Waals surface area contributed by atoms with E-state index < -0.39 is 10.2 Å². The molecule has 2 heterocycles. The van der Waals surface area contributed by atoms with Gasteiger partial charge in [-0.3, -0.25) is 0 Å². The van der Waals surface area contributed by atoms with Gasteiger partial charge in [-0.25, -0.2) is 0 Å². The summed E-state index contributed by atoms with van der Waals surface area (Å²) in [6.07, 6.45) is 1.82. The molecule has 1 aliphatic rings. The summed E-state index contributed by atoms with van der Waals surface area (Å²) in [5.74, 6) is 0.969. The van der Waals surface area contributed by atoms with Crippen LogP contribution in [0.1, 0.15) is 31.2 Å². The fourth-order valence-electron chi connectivity index (χ4n) is 3.42. The van der Waals surface area contributed by atoms with Crippen molar-refractivity contribution in [1.82, 2.24) is 18.8 Å². The number of aromatic nitrogens is 2. The summed E-state index contributed by atoms with van der Waals surface area (Å²) < 4.78 is 39.7. The lowest BCUT2D eigenvalue weighted by Crippen LogP contribution is -2.48. The van der Waals surface area contributed by atoms with E-state index in [9.17, 15) is 8.42 Å². The fourth-order valence-corrected chi connectivity index (χ4v) is 5.10. The molecule has 0 spiro atoms. The molecule has 1 aliphatic heterocycles. The van der Waals surface area contributed by atoms with Gasteiger partial charge in [-0.2, -0.15) is 22.0 Å². The first-order valence-corrected chi connectivity index (χ1v) is 11.0. The molecule has 0 bridgehead atoms. The zero-order valence-electron chi connectivity index (χ0n) is 16.7. The van der Waals surface area contributed by atoms with Crippen molar-refractivity contribution in [3.8, 4) is 11.4 Å². The molecule has 2 aromatic rings. The van der Waals surface area contributed by atoms with Crippen molar-refractivity contribution < 1.29 is 17.7 Å². The summed E-state index contributed by atoms with van der Waals surface area (Å²) in [6, 6.07) is 7.78. The monoisotopic (exact) mass is 408 g/mol. The largest absolute Gasteiger partial charge is 0.384 e. The molecule has 1 unspecified atom stereocenters. The predicted octanol–water partition coefficient (Wildman–Crippen LogP) is 2.47. The highest BCUT2D eigenvalue weighted by Gasteiger charge is 2.34. The molecule has 8 nitrogen and oxygen atoms in total. The van der Waals surface area contributed by atoms with Gasteiger partial charge in [-0.15, -0.1) is 0 Å². The van der Waals surface area contributed by atoms with Crippen molar-refractivity contribution >= 4 is 10.2 Å². The first-order chi connectivity index (χ1) is 13.4. The third-order valence-electron chi connectivity index (χ3n) is 4.98.